The summed E-state index contributed by atoms with van der Waals surface area (Å²) in [5.41, 5.74) is 0.785. The van der Waals surface area contributed by atoms with Gasteiger partial charge in [-0.3, -0.25) is 0 Å². The van der Waals surface area contributed by atoms with E-state index in [1.807, 2.05) is 0 Å². The summed E-state index contributed by atoms with van der Waals surface area (Å²) in [4.78, 5) is 0. The Labute approximate surface area is 123 Å². The molecule has 1 nitrogen and oxygen atoms in total. The van der Waals surface area contributed by atoms with E-state index < -0.39 is 17.7 Å². The Morgan fingerprint density at radius 2 is 1.80 bits per heavy atom. The van der Waals surface area contributed by atoms with Gasteiger partial charge in [0.05, 0.1) is 0 Å². The lowest BCUT2D eigenvalue weighted by molar-refractivity contribution is 0.511. The fourth-order valence-electron chi connectivity index (χ4n) is 2.06. The van der Waals surface area contributed by atoms with Gasteiger partial charge in [0.1, 0.15) is 17.5 Å². The molecular weight excluding hydrogens is 331 g/mol. The van der Waals surface area contributed by atoms with Crippen molar-refractivity contribution in [1.82, 2.24) is 5.32 Å². The standard InChI is InChI=1S/C15H13BrF3N/c1-20-15(12-5-4-11(17)8-14(12)19)6-9-2-3-10(16)7-13(9)18/h2-5,7-8,15,20H,6H2,1H3. The summed E-state index contributed by atoms with van der Waals surface area (Å²) in [5, 5.41) is 2.93. The highest BCUT2D eigenvalue weighted by molar-refractivity contribution is 9.10. The molecule has 0 heterocycles. The molecule has 20 heavy (non-hydrogen) atoms. The second kappa shape index (κ2) is 6.41. The number of hydrogen-bond donors (Lipinski definition) is 1. The molecule has 0 aliphatic rings. The maximum absolute atomic E-state index is 13.8. The topological polar surface area (TPSA) is 12.0 Å². The minimum absolute atomic E-state index is 0.276. The lowest BCUT2D eigenvalue weighted by atomic mass is 9.98. The first-order valence-electron chi connectivity index (χ1n) is 6.07. The third-order valence-corrected chi connectivity index (χ3v) is 3.62. The van der Waals surface area contributed by atoms with Crippen LogP contribution in [0, 0.1) is 17.5 Å². The Balaban J connectivity index is 2.28. The van der Waals surface area contributed by atoms with Crippen molar-refractivity contribution in [3.05, 3.63) is 69.4 Å². The third kappa shape index (κ3) is 3.41. The monoisotopic (exact) mass is 343 g/mol. The predicted octanol–water partition coefficient (Wildman–Crippen LogP) is 4.37. The number of hydrogen-bond acceptors (Lipinski definition) is 1. The van der Waals surface area contributed by atoms with Crippen molar-refractivity contribution in [1.29, 1.82) is 0 Å². The second-order valence-electron chi connectivity index (χ2n) is 4.45. The van der Waals surface area contributed by atoms with Crippen molar-refractivity contribution >= 4 is 15.9 Å². The smallest absolute Gasteiger partial charge is 0.130 e. The van der Waals surface area contributed by atoms with E-state index in [1.54, 1.807) is 19.2 Å². The van der Waals surface area contributed by atoms with Gasteiger partial charge < -0.3 is 5.32 Å². The number of nitrogens with one attached hydrogen (secondary N) is 1. The average Bonchev–Trinajstić information content (AvgIpc) is 2.39. The third-order valence-electron chi connectivity index (χ3n) is 3.13. The van der Waals surface area contributed by atoms with Crippen molar-refractivity contribution in [2.75, 3.05) is 7.05 Å². The maximum Gasteiger partial charge on any atom is 0.130 e. The average molecular weight is 344 g/mol. The lowest BCUT2D eigenvalue weighted by Gasteiger charge is -2.18. The number of rotatable bonds is 4. The first-order chi connectivity index (χ1) is 9.51. The summed E-state index contributed by atoms with van der Waals surface area (Å²) < 4.78 is 41.2. The Morgan fingerprint density at radius 1 is 1.05 bits per heavy atom. The van der Waals surface area contributed by atoms with E-state index in [-0.39, 0.29) is 12.2 Å². The van der Waals surface area contributed by atoms with Crippen molar-refractivity contribution in [3.63, 3.8) is 0 Å². The van der Waals surface area contributed by atoms with Crippen molar-refractivity contribution in [3.8, 4) is 0 Å². The van der Waals surface area contributed by atoms with Crippen LogP contribution in [0.25, 0.3) is 0 Å². The number of likely N-dealkylation sites (N-methyl/N-ethyl adjacent to an activating group) is 1. The molecule has 1 atom stereocenters. The van der Waals surface area contributed by atoms with Crippen molar-refractivity contribution in [2.45, 2.75) is 12.5 Å². The molecule has 0 aromatic heterocycles. The molecule has 0 radical (unpaired) electrons. The van der Waals surface area contributed by atoms with E-state index in [2.05, 4.69) is 21.2 Å². The molecule has 1 N–H and O–H groups in total. The van der Waals surface area contributed by atoms with Crippen LogP contribution in [0.1, 0.15) is 17.2 Å². The van der Waals surface area contributed by atoms with Gasteiger partial charge in [-0.05, 0) is 37.2 Å². The van der Waals surface area contributed by atoms with Gasteiger partial charge in [-0.1, -0.05) is 28.1 Å². The van der Waals surface area contributed by atoms with Gasteiger partial charge in [0.15, 0.2) is 0 Å². The van der Waals surface area contributed by atoms with Gasteiger partial charge in [0.25, 0.3) is 0 Å². The molecule has 0 bridgehead atoms. The highest BCUT2D eigenvalue weighted by atomic mass is 79.9. The first kappa shape index (κ1) is 15.1. The van der Waals surface area contributed by atoms with E-state index in [4.69, 9.17) is 0 Å². The molecule has 0 aliphatic carbocycles. The first-order valence-corrected chi connectivity index (χ1v) is 6.86. The van der Waals surface area contributed by atoms with Crippen LogP contribution in [0.15, 0.2) is 40.9 Å². The summed E-state index contributed by atoms with van der Waals surface area (Å²) in [6, 6.07) is 7.72. The molecule has 2 aromatic rings. The number of halogens is 4. The van der Waals surface area contributed by atoms with Crippen LogP contribution in [-0.4, -0.2) is 7.05 Å². The van der Waals surface area contributed by atoms with E-state index in [0.29, 0.717) is 15.6 Å². The molecule has 0 saturated heterocycles. The lowest BCUT2D eigenvalue weighted by Crippen LogP contribution is -2.20. The van der Waals surface area contributed by atoms with Gasteiger partial charge >= 0.3 is 0 Å². The molecule has 0 amide bonds. The van der Waals surface area contributed by atoms with Gasteiger partial charge in [0, 0.05) is 22.1 Å². The van der Waals surface area contributed by atoms with Crippen LogP contribution in [0.5, 0.6) is 0 Å². The molecule has 2 rings (SSSR count). The van der Waals surface area contributed by atoms with Gasteiger partial charge in [0.2, 0.25) is 0 Å². The molecule has 1 unspecified atom stereocenters. The SMILES string of the molecule is CNC(Cc1ccc(Br)cc1F)c1ccc(F)cc1F. The fourth-order valence-corrected chi connectivity index (χ4v) is 2.39. The predicted molar refractivity (Wildman–Crippen MR) is 76.0 cm³/mol. The van der Waals surface area contributed by atoms with Crippen molar-refractivity contribution in [2.24, 2.45) is 0 Å². The molecule has 0 spiro atoms. The molecule has 2 aromatic carbocycles. The highest BCUT2D eigenvalue weighted by Gasteiger charge is 2.17. The normalized spacial score (nSPS) is 12.4. The summed E-state index contributed by atoms with van der Waals surface area (Å²) in [7, 11) is 1.66. The molecule has 106 valence electrons. The largest absolute Gasteiger partial charge is 0.313 e. The summed E-state index contributed by atoms with van der Waals surface area (Å²) in [6.45, 7) is 0. The van der Waals surface area contributed by atoms with E-state index in [1.165, 1.54) is 18.2 Å². The molecule has 5 heteroatoms. The van der Waals surface area contributed by atoms with Gasteiger partial charge in [-0.2, -0.15) is 0 Å². The zero-order valence-electron chi connectivity index (χ0n) is 10.8. The van der Waals surface area contributed by atoms with Gasteiger partial charge in [-0.15, -0.1) is 0 Å². The Hall–Kier alpha value is -1.33. The van der Waals surface area contributed by atoms with Crippen LogP contribution >= 0.6 is 15.9 Å². The van der Waals surface area contributed by atoms with Crippen LogP contribution in [0.2, 0.25) is 0 Å². The minimum atomic E-state index is -0.637. The van der Waals surface area contributed by atoms with E-state index in [0.717, 1.165) is 6.07 Å². The van der Waals surface area contributed by atoms with E-state index in [9.17, 15) is 13.2 Å². The zero-order chi connectivity index (χ0) is 14.7. The molecule has 0 aliphatic heterocycles. The van der Waals surface area contributed by atoms with Gasteiger partial charge in [-0.25, -0.2) is 13.2 Å². The number of benzene rings is 2. The maximum atomic E-state index is 13.8. The molecular formula is C15H13BrF3N. The Kier molecular flexibility index (Phi) is 4.83. The second-order valence-corrected chi connectivity index (χ2v) is 5.36. The van der Waals surface area contributed by atoms with Crippen LogP contribution < -0.4 is 5.32 Å². The highest BCUT2D eigenvalue weighted by Crippen LogP contribution is 2.24. The zero-order valence-corrected chi connectivity index (χ0v) is 12.3. The summed E-state index contributed by atoms with van der Waals surface area (Å²) >= 11 is 3.19. The van der Waals surface area contributed by atoms with Crippen LogP contribution in [0.3, 0.4) is 0 Å². The Bertz CT molecular complexity index is 616. The fraction of sp³-hybridized carbons (Fsp3) is 0.200. The quantitative estimate of drug-likeness (QED) is 0.869. The van der Waals surface area contributed by atoms with Crippen molar-refractivity contribution < 1.29 is 13.2 Å². The Morgan fingerprint density at radius 3 is 2.40 bits per heavy atom. The summed E-state index contributed by atoms with van der Waals surface area (Å²) in [6.07, 6.45) is 0.276. The summed E-state index contributed by atoms with van der Waals surface area (Å²) in [5.74, 6) is -1.63. The molecule has 0 saturated carbocycles. The van der Waals surface area contributed by atoms with E-state index >= 15 is 0 Å². The minimum Gasteiger partial charge on any atom is -0.313 e. The van der Waals surface area contributed by atoms with Crippen LogP contribution in [-0.2, 0) is 6.42 Å². The molecule has 0 fully saturated rings. The van der Waals surface area contributed by atoms with Crippen LogP contribution in [0.4, 0.5) is 13.2 Å².